The van der Waals surface area contributed by atoms with E-state index in [0.29, 0.717) is 0 Å². The van der Waals surface area contributed by atoms with Crippen molar-refractivity contribution in [2.45, 2.75) is 6.04 Å². The van der Waals surface area contributed by atoms with E-state index in [4.69, 9.17) is 0 Å². The molecule has 0 saturated heterocycles. The molecule has 1 nitrogen and oxygen atoms in total. The van der Waals surface area contributed by atoms with Gasteiger partial charge in [-0.3, -0.25) is 0 Å². The van der Waals surface area contributed by atoms with Crippen LogP contribution in [0.2, 0.25) is 0 Å². The van der Waals surface area contributed by atoms with E-state index in [-0.39, 0.29) is 5.56 Å². The van der Waals surface area contributed by atoms with Gasteiger partial charge in [0.25, 0.3) is 0 Å². The molecule has 0 spiro atoms. The fraction of sp³-hybridized carbons (Fsp3) is 0.167. The van der Waals surface area contributed by atoms with Crippen molar-refractivity contribution in [1.29, 1.82) is 0 Å². The summed E-state index contributed by atoms with van der Waals surface area (Å²) < 4.78 is 41.7. The van der Waals surface area contributed by atoms with Crippen molar-refractivity contribution < 1.29 is 13.2 Å². The van der Waals surface area contributed by atoms with Gasteiger partial charge >= 0.3 is 0 Å². The van der Waals surface area contributed by atoms with Crippen molar-refractivity contribution >= 4 is 43.2 Å². The first kappa shape index (κ1) is 15.0. The third-order valence-electron chi connectivity index (χ3n) is 2.61. The predicted octanol–water partition coefficient (Wildman–Crippen LogP) is 5.00. The van der Waals surface area contributed by atoms with Crippen LogP contribution in [0.25, 0.3) is 0 Å². The fourth-order valence-electron chi connectivity index (χ4n) is 1.72. The monoisotopic (exact) mass is 413 g/mol. The third-order valence-corrected chi connectivity index (χ3v) is 5.93. The Morgan fingerprint density at radius 3 is 2.37 bits per heavy atom. The maximum absolute atomic E-state index is 13.8. The lowest BCUT2D eigenvalue weighted by molar-refractivity contribution is 0.435. The highest BCUT2D eigenvalue weighted by molar-refractivity contribution is 9.13. The quantitative estimate of drug-likeness (QED) is 0.697. The first-order valence-corrected chi connectivity index (χ1v) is 7.61. The zero-order valence-corrected chi connectivity index (χ0v) is 13.6. The number of halogens is 5. The summed E-state index contributed by atoms with van der Waals surface area (Å²) in [6.45, 7) is 0. The van der Waals surface area contributed by atoms with Crippen LogP contribution in [-0.4, -0.2) is 7.05 Å². The maximum Gasteiger partial charge on any atom is 0.194 e. The van der Waals surface area contributed by atoms with Crippen molar-refractivity contribution in [3.8, 4) is 0 Å². The molecule has 102 valence electrons. The number of hydrogen-bond acceptors (Lipinski definition) is 2. The summed E-state index contributed by atoms with van der Waals surface area (Å²) in [7, 11) is 1.63. The molecule has 0 amide bonds. The van der Waals surface area contributed by atoms with Crippen LogP contribution in [0.5, 0.6) is 0 Å². The summed E-state index contributed by atoms with van der Waals surface area (Å²) in [5, 5.41) is 2.90. The highest BCUT2D eigenvalue weighted by Crippen LogP contribution is 2.38. The van der Waals surface area contributed by atoms with Gasteiger partial charge in [-0.15, -0.1) is 11.3 Å². The van der Waals surface area contributed by atoms with E-state index in [2.05, 4.69) is 37.2 Å². The minimum Gasteiger partial charge on any atom is -0.309 e. The van der Waals surface area contributed by atoms with E-state index >= 15 is 0 Å². The van der Waals surface area contributed by atoms with Crippen molar-refractivity contribution in [2.24, 2.45) is 0 Å². The second-order valence-electron chi connectivity index (χ2n) is 3.76. The Labute approximate surface area is 129 Å². The Balaban J connectivity index is 2.51. The van der Waals surface area contributed by atoms with Gasteiger partial charge in [-0.25, -0.2) is 13.2 Å². The Morgan fingerprint density at radius 1 is 1.16 bits per heavy atom. The molecular weight excluding hydrogens is 407 g/mol. The summed E-state index contributed by atoms with van der Waals surface area (Å²) >= 11 is 8.07. The van der Waals surface area contributed by atoms with Gasteiger partial charge in [-0.05, 0) is 51.0 Å². The first-order chi connectivity index (χ1) is 8.95. The van der Waals surface area contributed by atoms with Crippen LogP contribution in [-0.2, 0) is 0 Å². The Kier molecular flexibility index (Phi) is 4.70. The molecule has 1 N–H and O–H groups in total. The summed E-state index contributed by atoms with van der Waals surface area (Å²) in [6.07, 6.45) is 0. The maximum atomic E-state index is 13.8. The minimum atomic E-state index is -1.45. The molecule has 1 aromatic carbocycles. The van der Waals surface area contributed by atoms with E-state index in [1.54, 1.807) is 13.1 Å². The molecular formula is C12H8Br2F3NS. The Hall–Kier alpha value is -0.370. The molecule has 0 aliphatic rings. The molecule has 2 aromatic rings. The molecule has 0 fully saturated rings. The zero-order valence-electron chi connectivity index (χ0n) is 9.61. The highest BCUT2D eigenvalue weighted by Gasteiger charge is 2.23. The molecule has 1 heterocycles. The second-order valence-corrected chi connectivity index (χ2v) is 7.01. The fourth-order valence-corrected chi connectivity index (χ4v) is 3.94. The SMILES string of the molecule is CNC(c1cc(Br)c(Br)s1)c1ccc(F)c(F)c1F. The van der Waals surface area contributed by atoms with Gasteiger partial charge in [0.15, 0.2) is 17.5 Å². The van der Waals surface area contributed by atoms with E-state index in [1.807, 2.05) is 0 Å². The summed E-state index contributed by atoms with van der Waals surface area (Å²) in [5.74, 6) is -3.81. The Morgan fingerprint density at radius 2 is 1.84 bits per heavy atom. The molecule has 0 bridgehead atoms. The number of nitrogens with one attached hydrogen (secondary N) is 1. The number of thiophene rings is 1. The molecule has 0 aliphatic heterocycles. The van der Waals surface area contributed by atoms with Crippen LogP contribution < -0.4 is 5.32 Å². The largest absolute Gasteiger partial charge is 0.309 e. The molecule has 1 aromatic heterocycles. The van der Waals surface area contributed by atoms with Gasteiger partial charge in [-0.2, -0.15) is 0 Å². The highest BCUT2D eigenvalue weighted by atomic mass is 79.9. The van der Waals surface area contributed by atoms with Crippen molar-refractivity contribution in [3.63, 3.8) is 0 Å². The zero-order chi connectivity index (χ0) is 14.2. The molecule has 2 rings (SSSR count). The summed E-state index contributed by atoms with van der Waals surface area (Å²) in [5.41, 5.74) is 0.0719. The van der Waals surface area contributed by atoms with Crippen LogP contribution in [0, 0.1) is 17.5 Å². The van der Waals surface area contributed by atoms with E-state index in [9.17, 15) is 13.2 Å². The third kappa shape index (κ3) is 2.89. The van der Waals surface area contributed by atoms with Crippen LogP contribution in [0.3, 0.4) is 0 Å². The summed E-state index contributed by atoms with van der Waals surface area (Å²) in [6, 6.07) is 3.44. The van der Waals surface area contributed by atoms with E-state index in [1.165, 1.54) is 17.4 Å². The topological polar surface area (TPSA) is 12.0 Å². The smallest absolute Gasteiger partial charge is 0.194 e. The number of rotatable bonds is 3. The number of hydrogen-bond donors (Lipinski definition) is 1. The summed E-state index contributed by atoms with van der Waals surface area (Å²) in [4.78, 5) is 0.783. The van der Waals surface area contributed by atoms with Crippen LogP contribution in [0.15, 0.2) is 26.5 Å². The van der Waals surface area contributed by atoms with Crippen LogP contribution in [0.4, 0.5) is 13.2 Å². The van der Waals surface area contributed by atoms with Gasteiger partial charge in [0, 0.05) is 14.9 Å². The van der Waals surface area contributed by atoms with Crippen molar-refractivity contribution in [3.05, 3.63) is 54.4 Å². The Bertz CT molecular complexity index is 596. The average molecular weight is 415 g/mol. The molecule has 0 radical (unpaired) electrons. The van der Waals surface area contributed by atoms with Crippen molar-refractivity contribution in [2.75, 3.05) is 7.05 Å². The molecule has 1 unspecified atom stereocenters. The molecule has 7 heteroatoms. The molecule has 0 saturated carbocycles. The lowest BCUT2D eigenvalue weighted by Crippen LogP contribution is -2.18. The number of benzene rings is 1. The predicted molar refractivity (Wildman–Crippen MR) is 76.9 cm³/mol. The molecule has 0 aliphatic carbocycles. The standard InChI is InChI=1S/C12H8Br2F3NS/c1-18-11(8-4-6(13)12(14)19-8)5-2-3-7(15)10(17)9(5)16/h2-4,11,18H,1H3. The minimum absolute atomic E-state index is 0.0719. The second kappa shape index (κ2) is 5.95. The average Bonchev–Trinajstić information content (AvgIpc) is 2.70. The normalized spacial score (nSPS) is 12.7. The van der Waals surface area contributed by atoms with E-state index in [0.717, 1.165) is 19.2 Å². The van der Waals surface area contributed by atoms with Crippen LogP contribution in [0.1, 0.15) is 16.5 Å². The van der Waals surface area contributed by atoms with E-state index < -0.39 is 23.5 Å². The lowest BCUT2D eigenvalue weighted by atomic mass is 10.0. The van der Waals surface area contributed by atoms with Crippen molar-refractivity contribution in [1.82, 2.24) is 5.32 Å². The lowest BCUT2D eigenvalue weighted by Gasteiger charge is -2.16. The molecule has 19 heavy (non-hydrogen) atoms. The van der Waals surface area contributed by atoms with Gasteiger partial charge in [0.1, 0.15) is 0 Å². The van der Waals surface area contributed by atoms with Gasteiger partial charge in [0.05, 0.1) is 9.83 Å². The van der Waals surface area contributed by atoms with Crippen LogP contribution >= 0.6 is 43.2 Å². The van der Waals surface area contributed by atoms with Gasteiger partial charge in [0.2, 0.25) is 0 Å². The van der Waals surface area contributed by atoms with Gasteiger partial charge < -0.3 is 5.32 Å². The van der Waals surface area contributed by atoms with Gasteiger partial charge in [-0.1, -0.05) is 6.07 Å². The molecule has 1 atom stereocenters. The first-order valence-electron chi connectivity index (χ1n) is 5.21.